The molecule has 0 radical (unpaired) electrons. The molecule has 9 heteroatoms. The normalized spacial score (nSPS) is 21.0. The summed E-state index contributed by atoms with van der Waals surface area (Å²) in [7, 11) is 1.71. The fraction of sp³-hybridized carbons (Fsp3) is 0.333. The van der Waals surface area contributed by atoms with Gasteiger partial charge in [0, 0.05) is 55.5 Å². The van der Waals surface area contributed by atoms with Gasteiger partial charge in [-0.15, -0.1) is 0 Å². The minimum Gasteiger partial charge on any atom is -0.486 e. The van der Waals surface area contributed by atoms with Gasteiger partial charge in [-0.1, -0.05) is 55.5 Å². The van der Waals surface area contributed by atoms with Crippen molar-refractivity contribution < 1.29 is 14.6 Å². The topological polar surface area (TPSA) is 123 Å². The van der Waals surface area contributed by atoms with E-state index in [1.807, 2.05) is 18.2 Å². The molecule has 5 N–H and O–H groups in total. The van der Waals surface area contributed by atoms with E-state index < -0.39 is 5.97 Å². The average Bonchev–Trinajstić information content (AvgIpc) is 3.69. The lowest BCUT2D eigenvalue weighted by Gasteiger charge is -2.33. The standard InChI is InChI=1S/C36H42N6O3/c1-5-32-27-14-6-7-15-33(27)45-36(2,3)22-41(32)20-23-10-8-11-24(16-23)25-12-9-13-26(17-25)42-34(30(19-39-42)35(43)44)29-18-28(29)31(37)21-40(4)38/h6-17,19,21,28-29,32H,5,18,20,22,37-38H2,1-4H3,(H,43,44)/b31-21-/t28?,29-,32?/m1/s1. The Labute approximate surface area is 264 Å². The fourth-order valence-electron chi connectivity index (χ4n) is 6.80. The van der Waals surface area contributed by atoms with Crippen LogP contribution in [-0.2, 0) is 6.54 Å². The van der Waals surface area contributed by atoms with Crippen LogP contribution in [0.2, 0.25) is 0 Å². The summed E-state index contributed by atoms with van der Waals surface area (Å²) >= 11 is 0. The van der Waals surface area contributed by atoms with Crippen molar-refractivity contribution in [3.8, 4) is 22.6 Å². The van der Waals surface area contributed by atoms with Crippen LogP contribution in [0.4, 0.5) is 0 Å². The summed E-state index contributed by atoms with van der Waals surface area (Å²) in [6, 6.07) is 25.4. The second kappa shape index (κ2) is 12.1. The first-order valence-corrected chi connectivity index (χ1v) is 15.5. The molecule has 3 aromatic carbocycles. The predicted octanol–water partition coefficient (Wildman–Crippen LogP) is 6.07. The molecule has 6 rings (SSSR count). The van der Waals surface area contributed by atoms with Crippen LogP contribution in [0, 0.1) is 5.92 Å². The number of carboxylic acids is 1. The number of nitrogens with two attached hydrogens (primary N) is 2. The maximum Gasteiger partial charge on any atom is 0.339 e. The van der Waals surface area contributed by atoms with Crippen molar-refractivity contribution in [3.63, 3.8) is 0 Å². The molecular formula is C36H42N6O3. The molecule has 1 aromatic heterocycles. The third-order valence-electron chi connectivity index (χ3n) is 8.77. The molecule has 0 bridgehead atoms. The number of carboxylic acid groups (broad SMARTS) is 1. The molecule has 1 aliphatic heterocycles. The number of para-hydroxylation sites is 1. The van der Waals surface area contributed by atoms with E-state index in [1.54, 1.807) is 17.9 Å². The van der Waals surface area contributed by atoms with Crippen LogP contribution in [0.3, 0.4) is 0 Å². The van der Waals surface area contributed by atoms with E-state index in [0.717, 1.165) is 48.5 Å². The first-order chi connectivity index (χ1) is 21.5. The highest BCUT2D eigenvalue weighted by Gasteiger charge is 2.45. The Morgan fingerprint density at radius 3 is 2.58 bits per heavy atom. The molecule has 2 unspecified atom stereocenters. The van der Waals surface area contributed by atoms with Gasteiger partial charge in [-0.3, -0.25) is 4.90 Å². The molecule has 0 saturated heterocycles. The first-order valence-electron chi connectivity index (χ1n) is 15.5. The monoisotopic (exact) mass is 606 g/mol. The van der Waals surface area contributed by atoms with Gasteiger partial charge in [0.05, 0.1) is 17.6 Å². The summed E-state index contributed by atoms with van der Waals surface area (Å²) in [5.41, 5.74) is 12.8. The van der Waals surface area contributed by atoms with E-state index in [0.29, 0.717) is 11.4 Å². The molecule has 1 aliphatic carbocycles. The number of allylic oxidation sites excluding steroid dienone is 1. The lowest BCUT2D eigenvalue weighted by Crippen LogP contribution is -2.41. The summed E-state index contributed by atoms with van der Waals surface area (Å²) < 4.78 is 8.23. The molecule has 0 spiro atoms. The highest BCUT2D eigenvalue weighted by Crippen LogP contribution is 2.52. The van der Waals surface area contributed by atoms with Crippen LogP contribution in [0.5, 0.6) is 5.75 Å². The van der Waals surface area contributed by atoms with Gasteiger partial charge in [0.1, 0.15) is 16.9 Å². The lowest BCUT2D eigenvalue weighted by atomic mass is 9.99. The van der Waals surface area contributed by atoms with Crippen LogP contribution < -0.4 is 16.3 Å². The van der Waals surface area contributed by atoms with E-state index in [9.17, 15) is 9.90 Å². The molecule has 2 heterocycles. The quantitative estimate of drug-likeness (QED) is 0.155. The smallest absolute Gasteiger partial charge is 0.339 e. The number of nitrogens with zero attached hydrogens (tertiary/aromatic N) is 4. The van der Waals surface area contributed by atoms with Crippen molar-refractivity contribution >= 4 is 5.97 Å². The Morgan fingerprint density at radius 1 is 1.11 bits per heavy atom. The van der Waals surface area contributed by atoms with Crippen LogP contribution >= 0.6 is 0 Å². The van der Waals surface area contributed by atoms with Crippen LogP contribution in [-0.4, -0.2) is 50.0 Å². The van der Waals surface area contributed by atoms with Crippen molar-refractivity contribution in [3.05, 3.63) is 113 Å². The highest BCUT2D eigenvalue weighted by molar-refractivity contribution is 5.89. The second-order valence-corrected chi connectivity index (χ2v) is 12.9. The number of hydrogen-bond acceptors (Lipinski definition) is 7. The van der Waals surface area contributed by atoms with Crippen molar-refractivity contribution in [1.29, 1.82) is 0 Å². The zero-order valence-electron chi connectivity index (χ0n) is 26.4. The number of fused-ring (bicyclic) bond motifs is 1. The first kappa shape index (κ1) is 30.4. The summed E-state index contributed by atoms with van der Waals surface area (Å²) in [5.74, 6) is 5.69. The Kier molecular flexibility index (Phi) is 8.16. The Balaban J connectivity index is 1.30. The SMILES string of the molecule is CCC1c2ccccc2OC(C)(C)CN1Cc1cccc(-c2cccc(-n3ncc(C(=O)O)c3[C@@H]3CC3/C(N)=C/N(C)N)c2)c1. The number of hydrazine groups is 1. The number of benzene rings is 3. The fourth-order valence-corrected chi connectivity index (χ4v) is 6.80. The number of aromatic nitrogens is 2. The minimum absolute atomic E-state index is 0.0118. The number of rotatable bonds is 9. The molecule has 3 atom stereocenters. The minimum atomic E-state index is -1.00. The average molecular weight is 607 g/mol. The van der Waals surface area contributed by atoms with E-state index >= 15 is 0 Å². The van der Waals surface area contributed by atoms with Gasteiger partial charge in [0.25, 0.3) is 0 Å². The van der Waals surface area contributed by atoms with Gasteiger partial charge in [-0.25, -0.2) is 15.3 Å². The van der Waals surface area contributed by atoms with Crippen LogP contribution in [0.1, 0.15) is 72.8 Å². The molecule has 4 aromatic rings. The number of carbonyl (C=O) groups is 1. The number of ether oxygens (including phenoxy) is 1. The van der Waals surface area contributed by atoms with E-state index in [-0.39, 0.29) is 29.0 Å². The zero-order chi connectivity index (χ0) is 31.9. The maximum absolute atomic E-state index is 12.2. The summed E-state index contributed by atoms with van der Waals surface area (Å²) in [4.78, 5) is 14.7. The second-order valence-electron chi connectivity index (χ2n) is 12.9. The van der Waals surface area contributed by atoms with Crippen molar-refractivity contribution in [2.75, 3.05) is 13.6 Å². The molecular weight excluding hydrogens is 564 g/mol. The Hall–Kier alpha value is -4.60. The predicted molar refractivity (Wildman–Crippen MR) is 176 cm³/mol. The van der Waals surface area contributed by atoms with Crippen LogP contribution in [0.15, 0.2) is 90.9 Å². The summed E-state index contributed by atoms with van der Waals surface area (Å²) in [6.07, 6.45) is 4.84. The molecule has 1 fully saturated rings. The van der Waals surface area contributed by atoms with Crippen LogP contribution in [0.25, 0.3) is 16.8 Å². The highest BCUT2D eigenvalue weighted by atomic mass is 16.5. The van der Waals surface area contributed by atoms with Gasteiger partial charge in [-0.2, -0.15) is 5.10 Å². The molecule has 0 amide bonds. The van der Waals surface area contributed by atoms with Gasteiger partial charge < -0.3 is 20.6 Å². The Bertz CT molecular complexity index is 1740. The van der Waals surface area contributed by atoms with Crippen molar-refractivity contribution in [2.45, 2.75) is 57.7 Å². The third kappa shape index (κ3) is 6.32. The third-order valence-corrected chi connectivity index (χ3v) is 8.77. The number of hydrogen-bond donors (Lipinski definition) is 3. The van der Waals surface area contributed by atoms with Gasteiger partial charge in [0.15, 0.2) is 0 Å². The zero-order valence-corrected chi connectivity index (χ0v) is 26.4. The molecule has 45 heavy (non-hydrogen) atoms. The van der Waals surface area contributed by atoms with E-state index in [4.69, 9.17) is 16.3 Å². The molecule has 9 nitrogen and oxygen atoms in total. The Morgan fingerprint density at radius 2 is 1.84 bits per heavy atom. The lowest BCUT2D eigenvalue weighted by molar-refractivity contribution is 0.0545. The summed E-state index contributed by atoms with van der Waals surface area (Å²) in [6.45, 7) is 8.13. The molecule has 234 valence electrons. The van der Waals surface area contributed by atoms with E-state index in [2.05, 4.69) is 85.4 Å². The van der Waals surface area contributed by atoms with Gasteiger partial charge in [-0.05, 0) is 67.6 Å². The van der Waals surface area contributed by atoms with Gasteiger partial charge >= 0.3 is 5.97 Å². The number of aromatic carboxylic acids is 1. The van der Waals surface area contributed by atoms with Crippen molar-refractivity contribution in [2.24, 2.45) is 17.5 Å². The largest absolute Gasteiger partial charge is 0.486 e. The van der Waals surface area contributed by atoms with E-state index in [1.165, 1.54) is 22.3 Å². The molecule has 2 aliphatic rings. The molecule has 1 saturated carbocycles. The summed E-state index contributed by atoms with van der Waals surface area (Å²) in [5, 5.41) is 15.9. The van der Waals surface area contributed by atoms with Gasteiger partial charge in [0.2, 0.25) is 0 Å². The van der Waals surface area contributed by atoms with Crippen molar-refractivity contribution in [1.82, 2.24) is 19.7 Å². The maximum atomic E-state index is 12.2.